The molecule has 0 N–H and O–H groups in total. The van der Waals surface area contributed by atoms with Gasteiger partial charge in [-0.1, -0.05) is 109 Å². The second kappa shape index (κ2) is 8.95. The summed E-state index contributed by atoms with van der Waals surface area (Å²) in [6.45, 7) is 0. The van der Waals surface area contributed by atoms with Crippen molar-refractivity contribution in [3.63, 3.8) is 0 Å². The lowest BCUT2D eigenvalue weighted by molar-refractivity contribution is 0.616. The molecule has 0 aliphatic rings. The van der Waals surface area contributed by atoms with Gasteiger partial charge in [0.15, 0.2) is 0 Å². The van der Waals surface area contributed by atoms with Crippen molar-refractivity contribution in [3.8, 4) is 33.4 Å². The average molecular weight is 537 g/mol. The lowest BCUT2D eigenvalue weighted by atomic mass is 9.84. The van der Waals surface area contributed by atoms with Gasteiger partial charge in [0.1, 0.15) is 16.7 Å². The normalized spacial score (nSPS) is 11.8. The Kier molecular flexibility index (Phi) is 4.93. The first-order valence-corrected chi connectivity index (χ1v) is 14.3. The molecule has 2 heterocycles. The van der Waals surface area contributed by atoms with E-state index in [1.807, 2.05) is 6.07 Å². The third-order valence-electron chi connectivity index (χ3n) is 8.55. The van der Waals surface area contributed by atoms with Gasteiger partial charge in [0.25, 0.3) is 0 Å². The van der Waals surface area contributed by atoms with Crippen molar-refractivity contribution >= 4 is 54.5 Å². The van der Waals surface area contributed by atoms with E-state index in [0.717, 1.165) is 38.5 Å². The minimum Gasteiger partial charge on any atom is -0.464 e. The Morgan fingerprint density at radius 2 is 0.976 bits per heavy atom. The van der Waals surface area contributed by atoms with Gasteiger partial charge in [-0.3, -0.25) is 0 Å². The molecule has 0 spiro atoms. The number of fused-ring (bicyclic) bond motifs is 6. The molecule has 2 nitrogen and oxygen atoms in total. The number of hydrogen-bond acceptors (Lipinski definition) is 2. The van der Waals surface area contributed by atoms with E-state index in [-0.39, 0.29) is 0 Å². The summed E-state index contributed by atoms with van der Waals surface area (Å²) in [6, 6.07) is 49.8. The smallest absolute Gasteiger partial charge is 0.136 e. The maximum atomic E-state index is 6.43. The van der Waals surface area contributed by atoms with Crippen LogP contribution in [0.5, 0.6) is 0 Å². The van der Waals surface area contributed by atoms with Crippen LogP contribution in [-0.4, -0.2) is 0 Å². The van der Waals surface area contributed by atoms with Crippen LogP contribution >= 0.6 is 0 Å². The van der Waals surface area contributed by atoms with Crippen LogP contribution in [0.2, 0.25) is 0 Å². The quantitative estimate of drug-likeness (QED) is 0.210. The molecular weight excluding hydrogens is 512 g/mol. The van der Waals surface area contributed by atoms with Crippen LogP contribution in [0, 0.1) is 0 Å². The van der Waals surface area contributed by atoms with Crippen LogP contribution in [0.3, 0.4) is 0 Å². The van der Waals surface area contributed by atoms with Crippen molar-refractivity contribution < 1.29 is 8.83 Å². The lowest BCUT2D eigenvalue weighted by Gasteiger charge is -2.19. The molecule has 7 aromatic carbocycles. The number of benzene rings is 7. The number of hydrogen-bond donors (Lipinski definition) is 0. The van der Waals surface area contributed by atoms with E-state index in [9.17, 15) is 0 Å². The zero-order valence-electron chi connectivity index (χ0n) is 22.7. The minimum atomic E-state index is 0.873. The second-order valence-corrected chi connectivity index (χ2v) is 10.9. The number of rotatable bonds is 3. The maximum Gasteiger partial charge on any atom is 0.136 e. The van der Waals surface area contributed by atoms with Gasteiger partial charge in [0.05, 0.1) is 6.26 Å². The first-order chi connectivity index (χ1) is 20.8. The van der Waals surface area contributed by atoms with Gasteiger partial charge in [-0.2, -0.15) is 0 Å². The van der Waals surface area contributed by atoms with Gasteiger partial charge in [-0.15, -0.1) is 0 Å². The monoisotopic (exact) mass is 536 g/mol. The van der Waals surface area contributed by atoms with Gasteiger partial charge in [0.2, 0.25) is 0 Å². The summed E-state index contributed by atoms with van der Waals surface area (Å²) in [5.41, 5.74) is 9.93. The highest BCUT2D eigenvalue weighted by Crippen LogP contribution is 2.46. The SMILES string of the molecule is c1ccc(-c2ccccc2-c2c3ccccc3c(-c3ccc4c(c3)oc3cc5ccoc5cc34)c3ccccc23)cc1. The van der Waals surface area contributed by atoms with Gasteiger partial charge >= 0.3 is 0 Å². The van der Waals surface area contributed by atoms with Crippen LogP contribution in [0.4, 0.5) is 0 Å². The summed E-state index contributed by atoms with van der Waals surface area (Å²) >= 11 is 0. The molecule has 0 unspecified atom stereocenters. The van der Waals surface area contributed by atoms with E-state index >= 15 is 0 Å². The molecule has 9 rings (SSSR count). The van der Waals surface area contributed by atoms with E-state index in [0.29, 0.717) is 0 Å². The molecule has 0 saturated carbocycles. The fraction of sp³-hybridized carbons (Fsp3) is 0. The lowest BCUT2D eigenvalue weighted by Crippen LogP contribution is -1.92. The van der Waals surface area contributed by atoms with Gasteiger partial charge in [0, 0.05) is 16.2 Å². The predicted molar refractivity (Wildman–Crippen MR) is 175 cm³/mol. The average Bonchev–Trinajstić information content (AvgIpc) is 3.66. The van der Waals surface area contributed by atoms with Gasteiger partial charge in [-0.05, 0) is 85.3 Å². The van der Waals surface area contributed by atoms with E-state index in [1.165, 1.54) is 49.4 Å². The third kappa shape index (κ3) is 3.39. The zero-order valence-corrected chi connectivity index (χ0v) is 22.7. The maximum absolute atomic E-state index is 6.43. The van der Waals surface area contributed by atoms with E-state index in [2.05, 4.69) is 133 Å². The Hall–Kier alpha value is -5.60. The largest absolute Gasteiger partial charge is 0.464 e. The summed E-state index contributed by atoms with van der Waals surface area (Å²) in [5, 5.41) is 8.13. The van der Waals surface area contributed by atoms with Crippen molar-refractivity contribution in [1.29, 1.82) is 0 Å². The third-order valence-corrected chi connectivity index (χ3v) is 8.55. The summed E-state index contributed by atoms with van der Waals surface area (Å²) < 4.78 is 12.1. The predicted octanol–water partition coefficient (Wildman–Crippen LogP) is 11.6. The molecule has 42 heavy (non-hydrogen) atoms. The van der Waals surface area contributed by atoms with Gasteiger partial charge < -0.3 is 8.83 Å². The fourth-order valence-electron chi connectivity index (χ4n) is 6.69. The molecule has 196 valence electrons. The summed E-state index contributed by atoms with van der Waals surface area (Å²) in [4.78, 5) is 0. The second-order valence-electron chi connectivity index (χ2n) is 10.9. The summed E-state index contributed by atoms with van der Waals surface area (Å²) in [6.07, 6.45) is 1.72. The first-order valence-electron chi connectivity index (χ1n) is 14.3. The molecule has 0 aliphatic carbocycles. The fourth-order valence-corrected chi connectivity index (χ4v) is 6.69. The Morgan fingerprint density at radius 1 is 0.357 bits per heavy atom. The molecule has 0 atom stereocenters. The van der Waals surface area contributed by atoms with Crippen molar-refractivity contribution in [3.05, 3.63) is 146 Å². The molecule has 9 aromatic rings. The van der Waals surface area contributed by atoms with Crippen molar-refractivity contribution in [2.24, 2.45) is 0 Å². The van der Waals surface area contributed by atoms with Crippen LogP contribution in [0.15, 0.2) is 155 Å². The highest BCUT2D eigenvalue weighted by atomic mass is 16.3. The summed E-state index contributed by atoms with van der Waals surface area (Å²) in [7, 11) is 0. The van der Waals surface area contributed by atoms with E-state index < -0.39 is 0 Å². The Labute approximate surface area is 242 Å². The highest BCUT2D eigenvalue weighted by Gasteiger charge is 2.19. The topological polar surface area (TPSA) is 26.3 Å². The molecule has 0 fully saturated rings. The molecule has 0 radical (unpaired) electrons. The molecule has 2 heteroatoms. The van der Waals surface area contributed by atoms with Crippen molar-refractivity contribution in [2.45, 2.75) is 0 Å². The Morgan fingerprint density at radius 3 is 1.71 bits per heavy atom. The Balaban J connectivity index is 1.35. The van der Waals surface area contributed by atoms with E-state index in [1.54, 1.807) is 6.26 Å². The molecular formula is C40H24O2. The molecule has 0 saturated heterocycles. The zero-order chi connectivity index (χ0) is 27.6. The van der Waals surface area contributed by atoms with Crippen LogP contribution < -0.4 is 0 Å². The van der Waals surface area contributed by atoms with Crippen LogP contribution in [0.1, 0.15) is 0 Å². The minimum absolute atomic E-state index is 0.873. The van der Waals surface area contributed by atoms with E-state index in [4.69, 9.17) is 8.83 Å². The molecule has 0 bridgehead atoms. The van der Waals surface area contributed by atoms with Crippen LogP contribution in [-0.2, 0) is 0 Å². The summed E-state index contributed by atoms with van der Waals surface area (Å²) in [5.74, 6) is 0. The van der Waals surface area contributed by atoms with Crippen molar-refractivity contribution in [1.82, 2.24) is 0 Å². The number of furan rings is 2. The van der Waals surface area contributed by atoms with Crippen molar-refractivity contribution in [2.75, 3.05) is 0 Å². The molecule has 0 aliphatic heterocycles. The standard InChI is InChI=1S/C40H24O2/c1-2-10-25(11-3-1)28-12-4-5-13-30(28)40-33-16-8-6-14-31(33)39(32-15-7-9-17-34(32)40)27-18-19-29-35-24-36-26(20-21-41-36)22-38(35)42-37(29)23-27/h1-24H. The molecule has 0 amide bonds. The van der Waals surface area contributed by atoms with Gasteiger partial charge in [-0.25, -0.2) is 0 Å². The molecule has 2 aromatic heterocycles. The highest BCUT2D eigenvalue weighted by molar-refractivity contribution is 6.23. The first kappa shape index (κ1) is 23.1. The van der Waals surface area contributed by atoms with Crippen LogP contribution in [0.25, 0.3) is 87.8 Å². The Bertz CT molecular complexity index is 2400.